The van der Waals surface area contributed by atoms with Crippen LogP contribution in [-0.2, 0) is 11.3 Å². The van der Waals surface area contributed by atoms with E-state index in [-0.39, 0.29) is 17.4 Å². The van der Waals surface area contributed by atoms with Gasteiger partial charge in [0.1, 0.15) is 4.70 Å². The summed E-state index contributed by atoms with van der Waals surface area (Å²) in [5, 5.41) is 6.99. The lowest BCUT2D eigenvalue weighted by Crippen LogP contribution is -2.45. The van der Waals surface area contributed by atoms with Gasteiger partial charge in [0, 0.05) is 18.0 Å². The molecular weight excluding hydrogens is 440 g/mol. The van der Waals surface area contributed by atoms with Crippen LogP contribution in [0.25, 0.3) is 15.9 Å². The van der Waals surface area contributed by atoms with Crippen LogP contribution in [0.1, 0.15) is 23.3 Å². The molecule has 3 aromatic heterocycles. The fourth-order valence-corrected chi connectivity index (χ4v) is 5.62. The van der Waals surface area contributed by atoms with Crippen LogP contribution in [0.4, 0.5) is 5.95 Å². The molecule has 32 heavy (non-hydrogen) atoms. The molecule has 1 atom stereocenters. The van der Waals surface area contributed by atoms with Crippen molar-refractivity contribution in [3.05, 3.63) is 74.0 Å². The largest absolute Gasteiger partial charge is 0.351 e. The average Bonchev–Trinajstić information content (AvgIpc) is 3.49. The summed E-state index contributed by atoms with van der Waals surface area (Å²) in [6.07, 6.45) is 1.71. The summed E-state index contributed by atoms with van der Waals surface area (Å²) in [4.78, 5) is 34.4. The highest BCUT2D eigenvalue weighted by Crippen LogP contribution is 2.27. The van der Waals surface area contributed by atoms with E-state index >= 15 is 0 Å². The first-order chi connectivity index (χ1) is 15.6. The van der Waals surface area contributed by atoms with E-state index in [0.717, 1.165) is 35.5 Å². The summed E-state index contributed by atoms with van der Waals surface area (Å²) in [7, 11) is 0. The molecule has 5 rings (SSSR count). The fraction of sp³-hybridized carbons (Fsp3) is 0.292. The first-order valence-electron chi connectivity index (χ1n) is 10.7. The topological polar surface area (TPSA) is 67.2 Å². The Bertz CT molecular complexity index is 1310. The third-order valence-corrected chi connectivity index (χ3v) is 7.58. The molecule has 1 amide bonds. The van der Waals surface area contributed by atoms with Crippen LogP contribution in [0.2, 0.25) is 0 Å². The number of anilines is 1. The highest BCUT2D eigenvalue weighted by Gasteiger charge is 2.29. The van der Waals surface area contributed by atoms with Crippen molar-refractivity contribution in [3.8, 4) is 5.69 Å². The quantitative estimate of drug-likeness (QED) is 0.477. The zero-order chi connectivity index (χ0) is 22.1. The third-order valence-electron chi connectivity index (χ3n) is 5.81. The van der Waals surface area contributed by atoms with E-state index in [9.17, 15) is 9.59 Å². The van der Waals surface area contributed by atoms with Gasteiger partial charge in [-0.05, 0) is 60.4 Å². The predicted octanol–water partition coefficient (Wildman–Crippen LogP) is 4.35. The van der Waals surface area contributed by atoms with Gasteiger partial charge in [-0.15, -0.1) is 22.7 Å². The van der Waals surface area contributed by atoms with E-state index in [0.29, 0.717) is 29.3 Å². The zero-order valence-electron chi connectivity index (χ0n) is 17.8. The molecular formula is C24H24N4O2S2. The van der Waals surface area contributed by atoms with Crippen LogP contribution in [0.5, 0.6) is 0 Å². The number of aromatic nitrogens is 2. The van der Waals surface area contributed by atoms with Crippen LogP contribution in [0.15, 0.2) is 58.0 Å². The summed E-state index contributed by atoms with van der Waals surface area (Å²) < 4.78 is 2.36. The number of nitrogens with one attached hydrogen (secondary N) is 1. The van der Waals surface area contributed by atoms with Gasteiger partial charge in [0.2, 0.25) is 11.9 Å². The number of carbonyl (C=O) groups is 1. The molecule has 4 aromatic rings. The van der Waals surface area contributed by atoms with Gasteiger partial charge in [-0.3, -0.25) is 9.59 Å². The average molecular weight is 465 g/mol. The number of aryl methyl sites for hydroxylation is 1. The number of hydrogen-bond acceptors (Lipinski definition) is 6. The summed E-state index contributed by atoms with van der Waals surface area (Å²) in [5.41, 5.74) is 2.53. The number of nitrogens with zero attached hydrogens (tertiary/aromatic N) is 3. The Hall–Kier alpha value is -2.97. The van der Waals surface area contributed by atoms with Crippen LogP contribution in [0, 0.1) is 12.8 Å². The van der Waals surface area contributed by atoms with Crippen molar-refractivity contribution in [1.82, 2.24) is 14.9 Å². The minimum absolute atomic E-state index is 0.0594. The SMILES string of the molecule is Cc1cccc(-n2c(N3CCC[C@H](C(=O)NCc4cccs4)C3)nc3ccsc3c2=O)c1. The molecule has 0 saturated carbocycles. The van der Waals surface area contributed by atoms with E-state index in [1.807, 2.05) is 60.1 Å². The van der Waals surface area contributed by atoms with Gasteiger partial charge >= 0.3 is 0 Å². The number of hydrogen-bond donors (Lipinski definition) is 1. The van der Waals surface area contributed by atoms with E-state index < -0.39 is 0 Å². The summed E-state index contributed by atoms with van der Waals surface area (Å²) in [6.45, 7) is 3.88. The standard InChI is InChI=1S/C24H24N4O2S2/c1-16-5-2-7-18(13-16)28-23(30)21-20(9-12-32-21)26-24(28)27-10-3-6-17(15-27)22(29)25-14-19-8-4-11-31-19/h2,4-5,7-9,11-13,17H,3,6,10,14-15H2,1H3,(H,25,29)/t17-/m0/s1. The molecule has 164 valence electrons. The Morgan fingerprint density at radius 3 is 2.91 bits per heavy atom. The highest BCUT2D eigenvalue weighted by molar-refractivity contribution is 7.17. The molecule has 4 heterocycles. The molecule has 1 aromatic carbocycles. The fourth-order valence-electron chi connectivity index (χ4n) is 4.22. The van der Waals surface area contributed by atoms with E-state index in [2.05, 4.69) is 10.2 Å². The molecule has 1 fully saturated rings. The normalized spacial score (nSPS) is 16.4. The summed E-state index contributed by atoms with van der Waals surface area (Å²) >= 11 is 3.06. The monoisotopic (exact) mass is 464 g/mol. The lowest BCUT2D eigenvalue weighted by molar-refractivity contribution is -0.125. The number of fused-ring (bicyclic) bond motifs is 1. The van der Waals surface area contributed by atoms with Gasteiger partial charge in [0.05, 0.1) is 23.7 Å². The van der Waals surface area contributed by atoms with Gasteiger partial charge in [-0.25, -0.2) is 9.55 Å². The maximum absolute atomic E-state index is 13.4. The minimum atomic E-state index is -0.134. The Balaban J connectivity index is 1.47. The second-order valence-electron chi connectivity index (χ2n) is 8.11. The molecule has 0 radical (unpaired) electrons. The number of rotatable bonds is 5. The zero-order valence-corrected chi connectivity index (χ0v) is 19.4. The van der Waals surface area contributed by atoms with E-state index in [4.69, 9.17) is 4.98 Å². The van der Waals surface area contributed by atoms with Crippen molar-refractivity contribution in [3.63, 3.8) is 0 Å². The Morgan fingerprint density at radius 2 is 2.09 bits per heavy atom. The second-order valence-corrected chi connectivity index (χ2v) is 10.1. The van der Waals surface area contributed by atoms with Gasteiger partial charge < -0.3 is 10.2 Å². The number of carbonyl (C=O) groups excluding carboxylic acids is 1. The van der Waals surface area contributed by atoms with Gasteiger partial charge in [0.25, 0.3) is 5.56 Å². The van der Waals surface area contributed by atoms with Crippen molar-refractivity contribution in [2.75, 3.05) is 18.0 Å². The third kappa shape index (κ3) is 4.08. The Kier molecular flexibility index (Phi) is 5.80. The number of benzene rings is 1. The van der Waals surface area contributed by atoms with E-state index in [1.165, 1.54) is 11.3 Å². The van der Waals surface area contributed by atoms with Gasteiger partial charge in [0.15, 0.2) is 0 Å². The second kappa shape index (κ2) is 8.88. The molecule has 8 heteroatoms. The molecule has 1 aliphatic rings. The van der Waals surface area contributed by atoms with Crippen LogP contribution in [-0.4, -0.2) is 28.5 Å². The smallest absolute Gasteiger partial charge is 0.277 e. The lowest BCUT2D eigenvalue weighted by Gasteiger charge is -2.34. The Morgan fingerprint density at radius 1 is 1.19 bits per heavy atom. The molecule has 0 bridgehead atoms. The van der Waals surface area contributed by atoms with Crippen molar-refractivity contribution >= 4 is 44.7 Å². The van der Waals surface area contributed by atoms with Crippen molar-refractivity contribution in [2.24, 2.45) is 5.92 Å². The molecule has 0 aliphatic carbocycles. The van der Waals surface area contributed by atoms with Gasteiger partial charge in [-0.2, -0.15) is 0 Å². The van der Waals surface area contributed by atoms with Crippen molar-refractivity contribution in [1.29, 1.82) is 0 Å². The molecule has 0 spiro atoms. The van der Waals surface area contributed by atoms with Crippen LogP contribution in [0.3, 0.4) is 0 Å². The first kappa shape index (κ1) is 20.9. The summed E-state index contributed by atoms with van der Waals surface area (Å²) in [5.74, 6) is 0.538. The number of amides is 1. The lowest BCUT2D eigenvalue weighted by atomic mass is 9.97. The predicted molar refractivity (Wildman–Crippen MR) is 131 cm³/mol. The highest BCUT2D eigenvalue weighted by atomic mass is 32.1. The molecule has 6 nitrogen and oxygen atoms in total. The minimum Gasteiger partial charge on any atom is -0.351 e. The molecule has 1 N–H and O–H groups in total. The van der Waals surface area contributed by atoms with Crippen LogP contribution < -0.4 is 15.8 Å². The Labute approximate surface area is 194 Å². The molecule has 1 aliphatic heterocycles. The number of thiophene rings is 2. The van der Waals surface area contributed by atoms with Gasteiger partial charge in [-0.1, -0.05) is 18.2 Å². The molecule has 1 saturated heterocycles. The maximum atomic E-state index is 13.4. The van der Waals surface area contributed by atoms with E-state index in [1.54, 1.807) is 15.9 Å². The molecule has 0 unspecified atom stereocenters. The first-order valence-corrected chi connectivity index (χ1v) is 12.5. The van der Waals surface area contributed by atoms with Crippen molar-refractivity contribution < 1.29 is 4.79 Å². The van der Waals surface area contributed by atoms with Crippen LogP contribution >= 0.6 is 22.7 Å². The maximum Gasteiger partial charge on any atom is 0.277 e. The van der Waals surface area contributed by atoms with Crippen molar-refractivity contribution in [2.45, 2.75) is 26.3 Å². The number of piperidine rings is 1. The summed E-state index contributed by atoms with van der Waals surface area (Å²) in [6, 6.07) is 13.8.